The van der Waals surface area contributed by atoms with Gasteiger partial charge in [-0.05, 0) is 54.2 Å². The molecule has 0 atom stereocenters. The summed E-state index contributed by atoms with van der Waals surface area (Å²) in [6.45, 7) is 0.543. The van der Waals surface area contributed by atoms with Crippen LogP contribution in [-0.4, -0.2) is 12.2 Å². The fourth-order valence-corrected chi connectivity index (χ4v) is 2.64. The maximum Gasteiger partial charge on any atom is 0.175 e. The normalized spacial score (nSPS) is 10.0. The molecule has 26 heavy (non-hydrogen) atoms. The number of rotatable bonds is 6. The first-order valence-corrected chi connectivity index (χ1v) is 8.63. The van der Waals surface area contributed by atoms with Crippen molar-refractivity contribution in [3.63, 3.8) is 0 Å². The van der Waals surface area contributed by atoms with Gasteiger partial charge in [-0.1, -0.05) is 42.5 Å². The number of ether oxygens (including phenoxy) is 2. The van der Waals surface area contributed by atoms with Crippen molar-refractivity contribution in [1.82, 2.24) is 0 Å². The standard InChI is InChI=1S/C21H20N2O2S/c1-24-20-10-6-5-9-19(20)23-21(26)22-17-11-13-18(14-12-17)25-15-16-7-3-2-4-8-16/h2-14H,15H2,1H3,(H2,22,23,26). The minimum atomic E-state index is 0.493. The van der Waals surface area contributed by atoms with Crippen LogP contribution in [0, 0.1) is 0 Å². The number of hydrogen-bond acceptors (Lipinski definition) is 3. The maximum atomic E-state index is 5.79. The molecule has 0 bridgehead atoms. The fourth-order valence-electron chi connectivity index (χ4n) is 2.41. The molecule has 0 fully saturated rings. The van der Waals surface area contributed by atoms with Crippen LogP contribution in [-0.2, 0) is 6.61 Å². The first kappa shape index (κ1) is 17.8. The molecule has 0 aromatic heterocycles. The highest BCUT2D eigenvalue weighted by atomic mass is 32.1. The minimum Gasteiger partial charge on any atom is -0.495 e. The van der Waals surface area contributed by atoms with E-state index in [2.05, 4.69) is 10.6 Å². The third-order valence-corrected chi connectivity index (χ3v) is 3.92. The van der Waals surface area contributed by atoms with Gasteiger partial charge < -0.3 is 20.1 Å². The Kier molecular flexibility index (Phi) is 6.06. The largest absolute Gasteiger partial charge is 0.495 e. The van der Waals surface area contributed by atoms with E-state index >= 15 is 0 Å². The first-order chi connectivity index (χ1) is 12.7. The molecule has 0 aliphatic carbocycles. The summed E-state index contributed by atoms with van der Waals surface area (Å²) in [5.74, 6) is 1.55. The molecule has 0 aliphatic heterocycles. The highest BCUT2D eigenvalue weighted by molar-refractivity contribution is 7.80. The summed E-state index contributed by atoms with van der Waals surface area (Å²) < 4.78 is 11.1. The SMILES string of the molecule is COc1ccccc1NC(=S)Nc1ccc(OCc2ccccc2)cc1. The van der Waals surface area contributed by atoms with Gasteiger partial charge in [0.25, 0.3) is 0 Å². The first-order valence-electron chi connectivity index (χ1n) is 8.22. The molecule has 5 heteroatoms. The number of methoxy groups -OCH3 is 1. The number of anilines is 2. The van der Waals surface area contributed by atoms with Gasteiger partial charge in [0.05, 0.1) is 12.8 Å². The summed E-state index contributed by atoms with van der Waals surface area (Å²) in [5, 5.41) is 6.78. The second-order valence-electron chi connectivity index (χ2n) is 5.58. The quantitative estimate of drug-likeness (QED) is 0.597. The van der Waals surface area contributed by atoms with Gasteiger partial charge in [-0.2, -0.15) is 0 Å². The smallest absolute Gasteiger partial charge is 0.175 e. The van der Waals surface area contributed by atoms with Crippen molar-refractivity contribution in [3.05, 3.63) is 84.4 Å². The molecule has 0 unspecified atom stereocenters. The lowest BCUT2D eigenvalue weighted by Crippen LogP contribution is -2.19. The van der Waals surface area contributed by atoms with Gasteiger partial charge in [-0.15, -0.1) is 0 Å². The van der Waals surface area contributed by atoms with Crippen LogP contribution in [0.2, 0.25) is 0 Å². The van der Waals surface area contributed by atoms with Gasteiger partial charge in [0, 0.05) is 5.69 Å². The third-order valence-electron chi connectivity index (χ3n) is 3.72. The van der Waals surface area contributed by atoms with Crippen molar-refractivity contribution in [1.29, 1.82) is 0 Å². The van der Waals surface area contributed by atoms with Gasteiger partial charge in [0.15, 0.2) is 5.11 Å². The molecule has 0 spiro atoms. The predicted molar refractivity (Wildman–Crippen MR) is 110 cm³/mol. The second-order valence-corrected chi connectivity index (χ2v) is 5.99. The number of nitrogens with one attached hydrogen (secondary N) is 2. The Morgan fingerprint density at radius 3 is 2.27 bits per heavy atom. The van der Waals surface area contributed by atoms with Gasteiger partial charge in [-0.25, -0.2) is 0 Å². The van der Waals surface area contributed by atoms with Crippen LogP contribution in [0.4, 0.5) is 11.4 Å². The third kappa shape index (κ3) is 4.97. The van der Waals surface area contributed by atoms with Crippen molar-refractivity contribution < 1.29 is 9.47 Å². The Morgan fingerprint density at radius 2 is 1.54 bits per heavy atom. The molecule has 0 amide bonds. The monoisotopic (exact) mass is 364 g/mol. The average Bonchev–Trinajstić information content (AvgIpc) is 2.68. The Balaban J connectivity index is 1.54. The molecule has 132 valence electrons. The van der Waals surface area contributed by atoms with E-state index < -0.39 is 0 Å². The Morgan fingerprint density at radius 1 is 0.846 bits per heavy atom. The summed E-state index contributed by atoms with van der Waals surface area (Å²) in [7, 11) is 1.63. The zero-order chi connectivity index (χ0) is 18.2. The zero-order valence-corrected chi connectivity index (χ0v) is 15.3. The van der Waals surface area contributed by atoms with Crippen LogP contribution in [0.25, 0.3) is 0 Å². The summed E-state index contributed by atoms with van der Waals surface area (Å²) in [4.78, 5) is 0. The van der Waals surface area contributed by atoms with Crippen LogP contribution >= 0.6 is 12.2 Å². The van der Waals surface area contributed by atoms with Crippen LogP contribution < -0.4 is 20.1 Å². The van der Waals surface area contributed by atoms with Crippen molar-refractivity contribution in [2.45, 2.75) is 6.61 Å². The highest BCUT2D eigenvalue weighted by Crippen LogP contribution is 2.23. The molecular formula is C21H20N2O2S. The van der Waals surface area contributed by atoms with Crippen molar-refractivity contribution in [3.8, 4) is 11.5 Å². The summed E-state index contributed by atoms with van der Waals surface area (Å²) in [6.07, 6.45) is 0. The van der Waals surface area contributed by atoms with E-state index in [1.165, 1.54) is 0 Å². The number of thiocarbonyl (C=S) groups is 1. The number of hydrogen-bond donors (Lipinski definition) is 2. The summed E-state index contributed by atoms with van der Waals surface area (Å²) >= 11 is 5.36. The van der Waals surface area contributed by atoms with E-state index in [4.69, 9.17) is 21.7 Å². The lowest BCUT2D eigenvalue weighted by Gasteiger charge is -2.13. The van der Waals surface area contributed by atoms with Crippen LogP contribution in [0.15, 0.2) is 78.9 Å². The average molecular weight is 364 g/mol. The van der Waals surface area contributed by atoms with E-state index in [0.29, 0.717) is 11.7 Å². The minimum absolute atomic E-state index is 0.493. The van der Waals surface area contributed by atoms with Crippen molar-refractivity contribution >= 4 is 28.7 Å². The molecule has 0 radical (unpaired) electrons. The number of benzene rings is 3. The lowest BCUT2D eigenvalue weighted by molar-refractivity contribution is 0.306. The summed E-state index contributed by atoms with van der Waals surface area (Å²) in [6, 6.07) is 25.4. The Bertz CT molecular complexity index is 851. The van der Waals surface area contributed by atoms with Gasteiger partial charge in [0.2, 0.25) is 0 Å². The van der Waals surface area contributed by atoms with Gasteiger partial charge in [0.1, 0.15) is 18.1 Å². The van der Waals surface area contributed by atoms with E-state index in [9.17, 15) is 0 Å². The zero-order valence-electron chi connectivity index (χ0n) is 14.4. The molecule has 4 nitrogen and oxygen atoms in total. The van der Waals surface area contributed by atoms with Gasteiger partial charge >= 0.3 is 0 Å². The summed E-state index contributed by atoms with van der Waals surface area (Å²) in [5.41, 5.74) is 2.83. The Labute approximate surface area is 158 Å². The topological polar surface area (TPSA) is 42.5 Å². The van der Waals surface area contributed by atoms with E-state index in [-0.39, 0.29) is 0 Å². The van der Waals surface area contributed by atoms with E-state index in [1.54, 1.807) is 7.11 Å². The lowest BCUT2D eigenvalue weighted by atomic mass is 10.2. The van der Waals surface area contributed by atoms with E-state index in [0.717, 1.165) is 28.4 Å². The highest BCUT2D eigenvalue weighted by Gasteiger charge is 2.04. The molecule has 3 rings (SSSR count). The molecule has 0 aliphatic rings. The second kappa shape index (κ2) is 8.87. The molecule has 3 aromatic rings. The molecular weight excluding hydrogens is 344 g/mol. The molecule has 3 aromatic carbocycles. The molecule has 0 saturated carbocycles. The van der Waals surface area contributed by atoms with E-state index in [1.807, 2.05) is 78.9 Å². The van der Waals surface area contributed by atoms with Crippen LogP contribution in [0.3, 0.4) is 0 Å². The predicted octanol–water partition coefficient (Wildman–Crippen LogP) is 5.08. The van der Waals surface area contributed by atoms with Gasteiger partial charge in [-0.3, -0.25) is 0 Å². The fraction of sp³-hybridized carbons (Fsp3) is 0.0952. The molecule has 0 heterocycles. The van der Waals surface area contributed by atoms with Crippen LogP contribution in [0.1, 0.15) is 5.56 Å². The van der Waals surface area contributed by atoms with Crippen molar-refractivity contribution in [2.24, 2.45) is 0 Å². The molecule has 0 saturated heterocycles. The maximum absolute atomic E-state index is 5.79. The van der Waals surface area contributed by atoms with Crippen molar-refractivity contribution in [2.75, 3.05) is 17.7 Å². The van der Waals surface area contributed by atoms with Crippen LogP contribution in [0.5, 0.6) is 11.5 Å². The molecule has 2 N–H and O–H groups in total. The Hall–Kier alpha value is -3.05. The number of para-hydroxylation sites is 2.